The van der Waals surface area contributed by atoms with Crippen LogP contribution in [-0.2, 0) is 6.54 Å². The predicted molar refractivity (Wildman–Crippen MR) is 130 cm³/mol. The zero-order chi connectivity index (χ0) is 23.2. The lowest BCUT2D eigenvalue weighted by molar-refractivity contribution is 0.0776. The Morgan fingerprint density at radius 2 is 1.88 bits per heavy atom. The van der Waals surface area contributed by atoms with Crippen molar-refractivity contribution in [1.82, 2.24) is 10.2 Å². The molecule has 2 N–H and O–H groups in total. The maximum absolute atomic E-state index is 13.1. The van der Waals surface area contributed by atoms with Crippen LogP contribution in [-0.4, -0.2) is 43.0 Å². The summed E-state index contributed by atoms with van der Waals surface area (Å²) in [5.41, 5.74) is 2.23. The molecule has 2 heterocycles. The number of halogens is 1. The first-order valence-electron chi connectivity index (χ1n) is 10.9. The van der Waals surface area contributed by atoms with Crippen LogP contribution in [0, 0.1) is 0 Å². The molecule has 0 bridgehead atoms. The number of nitrogens with one attached hydrogen (secondary N) is 2. The number of rotatable bonds is 6. The highest BCUT2D eigenvalue weighted by molar-refractivity contribution is 6.30. The summed E-state index contributed by atoms with van der Waals surface area (Å²) in [6.07, 6.45) is 3.18. The molecule has 2 aromatic carbocycles. The normalized spacial score (nSPS) is 14.1. The molecule has 0 saturated carbocycles. The number of hydrogen-bond donors (Lipinski definition) is 2. The molecule has 0 atom stereocenters. The van der Waals surface area contributed by atoms with Gasteiger partial charge < -0.3 is 24.9 Å². The second-order valence-electron chi connectivity index (χ2n) is 8.13. The minimum Gasteiger partial charge on any atom is -0.467 e. The molecule has 1 aliphatic rings. The van der Waals surface area contributed by atoms with E-state index in [9.17, 15) is 9.59 Å². The maximum atomic E-state index is 13.1. The van der Waals surface area contributed by atoms with Gasteiger partial charge in [0, 0.05) is 42.6 Å². The van der Waals surface area contributed by atoms with Crippen molar-refractivity contribution in [1.29, 1.82) is 0 Å². The monoisotopic (exact) mass is 466 g/mol. The van der Waals surface area contributed by atoms with Crippen molar-refractivity contribution in [2.45, 2.75) is 25.4 Å². The van der Waals surface area contributed by atoms with Crippen molar-refractivity contribution in [3.63, 3.8) is 0 Å². The highest BCUT2D eigenvalue weighted by atomic mass is 35.5. The van der Waals surface area contributed by atoms with Crippen LogP contribution in [0.3, 0.4) is 0 Å². The van der Waals surface area contributed by atoms with Crippen molar-refractivity contribution in [2.24, 2.45) is 0 Å². The quantitative estimate of drug-likeness (QED) is 0.536. The van der Waals surface area contributed by atoms with Gasteiger partial charge in [0.25, 0.3) is 5.91 Å². The first-order valence-corrected chi connectivity index (χ1v) is 11.3. The number of para-hydroxylation sites is 1. The molecule has 1 aliphatic heterocycles. The van der Waals surface area contributed by atoms with Crippen LogP contribution in [0.2, 0.25) is 5.02 Å². The number of carbonyl (C=O) groups excluding carboxylic acids is 2. The van der Waals surface area contributed by atoms with Crippen molar-refractivity contribution in [3.05, 3.63) is 83.3 Å². The Labute approximate surface area is 198 Å². The van der Waals surface area contributed by atoms with E-state index < -0.39 is 0 Å². The minimum atomic E-state index is -0.245. The van der Waals surface area contributed by atoms with Gasteiger partial charge in [-0.25, -0.2) is 4.79 Å². The van der Waals surface area contributed by atoms with Gasteiger partial charge in [0.1, 0.15) is 5.76 Å². The average molecular weight is 467 g/mol. The van der Waals surface area contributed by atoms with E-state index in [2.05, 4.69) is 15.5 Å². The summed E-state index contributed by atoms with van der Waals surface area (Å²) in [5.74, 6) is 0.689. The SMILES string of the molecule is CN(Cc1ccco1)C(=O)c1ccccc1N1CCC(NC(=O)Nc2cccc(Cl)c2)CC1. The number of hydrogen-bond acceptors (Lipinski definition) is 4. The summed E-state index contributed by atoms with van der Waals surface area (Å²) in [5, 5.41) is 6.43. The van der Waals surface area contributed by atoms with Gasteiger partial charge in [0.2, 0.25) is 0 Å². The molecule has 1 fully saturated rings. The lowest BCUT2D eigenvalue weighted by Crippen LogP contribution is -2.46. The molecule has 3 amide bonds. The van der Waals surface area contributed by atoms with Gasteiger partial charge in [-0.2, -0.15) is 0 Å². The van der Waals surface area contributed by atoms with Gasteiger partial charge in [-0.1, -0.05) is 29.8 Å². The fourth-order valence-corrected chi connectivity index (χ4v) is 4.22. The van der Waals surface area contributed by atoms with E-state index in [1.54, 1.807) is 42.5 Å². The third kappa shape index (κ3) is 5.87. The van der Waals surface area contributed by atoms with Crippen LogP contribution in [0.25, 0.3) is 0 Å². The van der Waals surface area contributed by atoms with Crippen molar-refractivity contribution in [3.8, 4) is 0 Å². The molecule has 1 aromatic heterocycles. The molecule has 0 radical (unpaired) electrons. The van der Waals surface area contributed by atoms with Crippen molar-refractivity contribution in [2.75, 3.05) is 30.4 Å². The average Bonchev–Trinajstić information content (AvgIpc) is 3.32. The Kier molecular flexibility index (Phi) is 7.19. The summed E-state index contributed by atoms with van der Waals surface area (Å²) in [6, 6.07) is 18.2. The standard InChI is InChI=1S/C25H27ClN4O3/c1-29(17-21-8-5-15-33-21)24(31)22-9-2-3-10-23(22)30-13-11-19(12-14-30)27-25(32)28-20-7-4-6-18(26)16-20/h2-10,15-16,19H,11-14,17H2,1H3,(H2,27,28,32). The number of amides is 3. The molecule has 0 spiro atoms. The number of furan rings is 1. The molecular formula is C25H27ClN4O3. The number of benzene rings is 2. The molecule has 0 aliphatic carbocycles. The van der Waals surface area contributed by atoms with Crippen molar-refractivity contribution >= 4 is 34.9 Å². The molecule has 7 nitrogen and oxygen atoms in total. The van der Waals surface area contributed by atoms with E-state index in [0.29, 0.717) is 22.8 Å². The maximum Gasteiger partial charge on any atom is 0.319 e. The van der Waals surface area contributed by atoms with Crippen LogP contribution < -0.4 is 15.5 Å². The van der Waals surface area contributed by atoms with Crippen LogP contribution in [0.5, 0.6) is 0 Å². The van der Waals surface area contributed by atoms with Gasteiger partial charge in [0.05, 0.1) is 18.4 Å². The lowest BCUT2D eigenvalue weighted by atomic mass is 10.0. The van der Waals surface area contributed by atoms with Gasteiger partial charge in [-0.3, -0.25) is 4.79 Å². The zero-order valence-electron chi connectivity index (χ0n) is 18.5. The number of anilines is 2. The van der Waals surface area contributed by atoms with Gasteiger partial charge in [0.15, 0.2) is 0 Å². The van der Waals surface area contributed by atoms with E-state index in [-0.39, 0.29) is 18.0 Å². The fourth-order valence-electron chi connectivity index (χ4n) is 4.03. The van der Waals surface area contributed by atoms with Crippen LogP contribution >= 0.6 is 11.6 Å². The van der Waals surface area contributed by atoms with Gasteiger partial charge in [-0.05, 0) is 55.3 Å². The number of nitrogens with zero attached hydrogens (tertiary/aromatic N) is 2. The summed E-state index contributed by atoms with van der Waals surface area (Å²) in [6.45, 7) is 1.90. The molecule has 1 saturated heterocycles. The lowest BCUT2D eigenvalue weighted by Gasteiger charge is -2.35. The Bertz CT molecular complexity index is 1090. The predicted octanol–water partition coefficient (Wildman–Crippen LogP) is 5.00. The van der Waals surface area contributed by atoms with Crippen LogP contribution in [0.4, 0.5) is 16.2 Å². The number of carbonyl (C=O) groups is 2. The van der Waals surface area contributed by atoms with Crippen molar-refractivity contribution < 1.29 is 14.0 Å². The van der Waals surface area contributed by atoms with Crippen LogP contribution in [0.15, 0.2) is 71.3 Å². The molecule has 8 heteroatoms. The van der Waals surface area contributed by atoms with E-state index in [1.165, 1.54) is 0 Å². The molecular weight excluding hydrogens is 440 g/mol. The highest BCUT2D eigenvalue weighted by Crippen LogP contribution is 2.26. The molecule has 0 unspecified atom stereocenters. The fraction of sp³-hybridized carbons (Fsp3) is 0.280. The second-order valence-corrected chi connectivity index (χ2v) is 8.56. The molecule has 3 aromatic rings. The third-order valence-electron chi connectivity index (χ3n) is 5.71. The van der Waals surface area contributed by atoms with E-state index in [4.69, 9.17) is 16.0 Å². The van der Waals surface area contributed by atoms with Crippen LogP contribution in [0.1, 0.15) is 29.0 Å². The third-order valence-corrected chi connectivity index (χ3v) is 5.94. The molecule has 4 rings (SSSR count). The summed E-state index contributed by atoms with van der Waals surface area (Å²) < 4.78 is 5.37. The number of piperidine rings is 1. The van der Waals surface area contributed by atoms with Gasteiger partial charge >= 0.3 is 6.03 Å². The summed E-state index contributed by atoms with van der Waals surface area (Å²) >= 11 is 5.98. The number of urea groups is 1. The first-order chi connectivity index (χ1) is 16.0. The summed E-state index contributed by atoms with van der Waals surface area (Å²) in [4.78, 5) is 29.3. The topological polar surface area (TPSA) is 77.8 Å². The highest BCUT2D eigenvalue weighted by Gasteiger charge is 2.25. The Hall–Kier alpha value is -3.45. The minimum absolute atomic E-state index is 0.0526. The molecule has 33 heavy (non-hydrogen) atoms. The Morgan fingerprint density at radius 3 is 2.61 bits per heavy atom. The van der Waals surface area contributed by atoms with E-state index >= 15 is 0 Å². The van der Waals surface area contributed by atoms with E-state index in [0.717, 1.165) is 37.4 Å². The smallest absolute Gasteiger partial charge is 0.319 e. The second kappa shape index (κ2) is 10.4. The largest absolute Gasteiger partial charge is 0.467 e. The summed E-state index contributed by atoms with van der Waals surface area (Å²) in [7, 11) is 1.77. The Balaban J connectivity index is 1.34. The molecule has 172 valence electrons. The zero-order valence-corrected chi connectivity index (χ0v) is 19.2. The Morgan fingerprint density at radius 1 is 1.09 bits per heavy atom. The first kappa shape index (κ1) is 22.7. The van der Waals surface area contributed by atoms with Gasteiger partial charge in [-0.15, -0.1) is 0 Å². The van der Waals surface area contributed by atoms with E-state index in [1.807, 2.05) is 36.4 Å².